The lowest BCUT2D eigenvalue weighted by molar-refractivity contribution is -0.122. The topological polar surface area (TPSA) is 77.1 Å². The van der Waals surface area contributed by atoms with Gasteiger partial charge in [-0.2, -0.15) is 0 Å². The zero-order valence-corrected chi connectivity index (χ0v) is 19.8. The molecule has 2 amide bonds. The van der Waals surface area contributed by atoms with Crippen molar-refractivity contribution in [3.8, 4) is 17.2 Å². The van der Waals surface area contributed by atoms with Gasteiger partial charge in [-0.3, -0.25) is 9.59 Å². The Morgan fingerprint density at radius 1 is 0.912 bits per heavy atom. The van der Waals surface area contributed by atoms with Crippen LogP contribution in [0, 0.1) is 5.92 Å². The van der Waals surface area contributed by atoms with Crippen molar-refractivity contribution in [2.45, 2.75) is 12.5 Å². The molecule has 2 atom stereocenters. The van der Waals surface area contributed by atoms with E-state index in [9.17, 15) is 9.59 Å². The molecule has 8 heteroatoms. The Morgan fingerprint density at radius 2 is 1.53 bits per heavy atom. The predicted octanol–water partition coefficient (Wildman–Crippen LogP) is 5.10. The summed E-state index contributed by atoms with van der Waals surface area (Å²) in [4.78, 5) is 28.4. The van der Waals surface area contributed by atoms with Gasteiger partial charge in [0.1, 0.15) is 17.2 Å². The molecular formula is C26H25ClN2O5. The first-order valence-corrected chi connectivity index (χ1v) is 11.1. The summed E-state index contributed by atoms with van der Waals surface area (Å²) in [7, 11) is 4.69. The van der Waals surface area contributed by atoms with Crippen molar-refractivity contribution < 1.29 is 23.8 Å². The molecule has 1 heterocycles. The van der Waals surface area contributed by atoms with E-state index in [-0.39, 0.29) is 18.2 Å². The Morgan fingerprint density at radius 3 is 2.12 bits per heavy atom. The van der Waals surface area contributed by atoms with Crippen LogP contribution in [0.5, 0.6) is 17.2 Å². The van der Waals surface area contributed by atoms with E-state index in [0.717, 1.165) is 5.56 Å². The van der Waals surface area contributed by atoms with E-state index < -0.39 is 12.0 Å². The van der Waals surface area contributed by atoms with Gasteiger partial charge in [-0.15, -0.1) is 0 Å². The van der Waals surface area contributed by atoms with Crippen molar-refractivity contribution in [1.82, 2.24) is 0 Å². The lowest BCUT2D eigenvalue weighted by Gasteiger charge is -2.29. The van der Waals surface area contributed by atoms with Gasteiger partial charge in [-0.25, -0.2) is 0 Å². The zero-order valence-electron chi connectivity index (χ0n) is 19.1. The minimum absolute atomic E-state index is 0.0530. The molecule has 0 bridgehead atoms. The maximum atomic E-state index is 13.5. The highest BCUT2D eigenvalue weighted by Crippen LogP contribution is 2.43. The number of methoxy groups -OCH3 is 3. The molecule has 1 saturated heterocycles. The third-order valence-corrected chi connectivity index (χ3v) is 6.12. The number of hydrogen-bond acceptors (Lipinski definition) is 5. The number of rotatable bonds is 7. The normalized spacial score (nSPS) is 17.4. The molecule has 0 saturated carbocycles. The first kappa shape index (κ1) is 23.4. The predicted molar refractivity (Wildman–Crippen MR) is 131 cm³/mol. The SMILES string of the molecule is COc1ccc([C@H]2[C@H](C(=O)Nc3cc(Cl)ccc3OC)CC(=O)N2c2ccc(OC)cc2)cc1. The van der Waals surface area contributed by atoms with Crippen LogP contribution in [0.25, 0.3) is 0 Å². The highest BCUT2D eigenvalue weighted by atomic mass is 35.5. The van der Waals surface area contributed by atoms with Crippen molar-refractivity contribution in [3.05, 3.63) is 77.3 Å². The summed E-state index contributed by atoms with van der Waals surface area (Å²) in [6, 6.07) is 19.1. The number of amides is 2. The number of nitrogens with zero attached hydrogens (tertiary/aromatic N) is 1. The minimum atomic E-state index is -0.647. The summed E-state index contributed by atoms with van der Waals surface area (Å²) in [5.74, 6) is 0.754. The molecule has 4 rings (SSSR count). The van der Waals surface area contributed by atoms with Crippen LogP contribution < -0.4 is 24.4 Å². The molecule has 34 heavy (non-hydrogen) atoms. The summed E-state index contributed by atoms with van der Waals surface area (Å²) >= 11 is 6.13. The largest absolute Gasteiger partial charge is 0.497 e. The Hall–Kier alpha value is -3.71. The molecular weight excluding hydrogens is 456 g/mol. The van der Waals surface area contributed by atoms with Crippen LogP contribution in [0.1, 0.15) is 18.0 Å². The third kappa shape index (κ3) is 4.65. The molecule has 1 fully saturated rings. The maximum Gasteiger partial charge on any atom is 0.230 e. The minimum Gasteiger partial charge on any atom is -0.497 e. The van der Waals surface area contributed by atoms with Crippen molar-refractivity contribution in [2.75, 3.05) is 31.5 Å². The fourth-order valence-electron chi connectivity index (χ4n) is 4.20. The summed E-state index contributed by atoms with van der Waals surface area (Å²) in [5, 5.41) is 3.37. The van der Waals surface area contributed by atoms with Crippen molar-refractivity contribution in [2.24, 2.45) is 5.92 Å². The van der Waals surface area contributed by atoms with Crippen LogP contribution in [0.2, 0.25) is 5.02 Å². The second kappa shape index (κ2) is 10.1. The molecule has 1 aliphatic rings. The van der Waals surface area contributed by atoms with Crippen LogP contribution >= 0.6 is 11.6 Å². The van der Waals surface area contributed by atoms with Crippen LogP contribution in [0.15, 0.2) is 66.7 Å². The Kier molecular flexibility index (Phi) is 6.93. The number of nitrogens with one attached hydrogen (secondary N) is 1. The van der Waals surface area contributed by atoms with Crippen molar-refractivity contribution in [3.63, 3.8) is 0 Å². The van der Waals surface area contributed by atoms with Gasteiger partial charge >= 0.3 is 0 Å². The number of hydrogen-bond donors (Lipinski definition) is 1. The van der Waals surface area contributed by atoms with Gasteiger partial charge < -0.3 is 24.4 Å². The van der Waals surface area contributed by atoms with E-state index in [1.165, 1.54) is 7.11 Å². The van der Waals surface area contributed by atoms with Crippen LogP contribution in [0.3, 0.4) is 0 Å². The molecule has 3 aromatic carbocycles. The van der Waals surface area contributed by atoms with Gasteiger partial charge in [0.05, 0.1) is 39.0 Å². The van der Waals surface area contributed by atoms with E-state index in [2.05, 4.69) is 5.32 Å². The van der Waals surface area contributed by atoms with E-state index in [0.29, 0.717) is 33.6 Å². The first-order valence-electron chi connectivity index (χ1n) is 10.7. The number of carbonyl (C=O) groups excluding carboxylic acids is 2. The van der Waals surface area contributed by atoms with Gasteiger partial charge in [0, 0.05) is 17.1 Å². The van der Waals surface area contributed by atoms with Gasteiger partial charge in [0.2, 0.25) is 11.8 Å². The number of halogens is 1. The average Bonchev–Trinajstić information content (AvgIpc) is 3.21. The monoisotopic (exact) mass is 480 g/mol. The molecule has 0 spiro atoms. The van der Waals surface area contributed by atoms with Crippen LogP contribution in [-0.4, -0.2) is 33.1 Å². The van der Waals surface area contributed by atoms with E-state index in [1.54, 1.807) is 49.5 Å². The van der Waals surface area contributed by atoms with Crippen molar-refractivity contribution in [1.29, 1.82) is 0 Å². The third-order valence-electron chi connectivity index (χ3n) is 5.89. The summed E-state index contributed by atoms with van der Waals surface area (Å²) in [6.45, 7) is 0. The van der Waals surface area contributed by atoms with Gasteiger partial charge in [-0.1, -0.05) is 23.7 Å². The number of carbonyl (C=O) groups is 2. The summed E-state index contributed by atoms with van der Waals surface area (Å²) < 4.78 is 15.9. The Bertz CT molecular complexity index is 1180. The van der Waals surface area contributed by atoms with Gasteiger partial charge in [0.15, 0.2) is 0 Å². The van der Waals surface area contributed by atoms with E-state index in [4.69, 9.17) is 25.8 Å². The highest BCUT2D eigenvalue weighted by molar-refractivity contribution is 6.31. The first-order chi connectivity index (χ1) is 16.4. The standard InChI is InChI=1S/C26H25ClN2O5/c1-32-19-9-4-16(5-10-19)25-21(26(31)28-22-14-17(27)6-13-23(22)34-3)15-24(30)29(25)18-7-11-20(33-2)12-8-18/h4-14,21,25H,15H2,1-3H3,(H,28,31)/t21-,25+/m1/s1. The number of benzene rings is 3. The fraction of sp³-hybridized carbons (Fsp3) is 0.231. The van der Waals surface area contributed by atoms with Gasteiger partial charge in [-0.05, 0) is 60.2 Å². The second-order valence-electron chi connectivity index (χ2n) is 7.82. The summed E-state index contributed by atoms with van der Waals surface area (Å²) in [5.41, 5.74) is 1.95. The quantitative estimate of drug-likeness (QED) is 0.509. The molecule has 176 valence electrons. The van der Waals surface area contributed by atoms with Gasteiger partial charge in [0.25, 0.3) is 0 Å². The van der Waals surface area contributed by atoms with E-state index >= 15 is 0 Å². The smallest absolute Gasteiger partial charge is 0.230 e. The fourth-order valence-corrected chi connectivity index (χ4v) is 4.37. The maximum absolute atomic E-state index is 13.5. The Balaban J connectivity index is 1.72. The van der Waals surface area contributed by atoms with Crippen LogP contribution in [-0.2, 0) is 9.59 Å². The highest BCUT2D eigenvalue weighted by Gasteiger charge is 2.45. The van der Waals surface area contributed by atoms with Crippen molar-refractivity contribution >= 4 is 34.8 Å². The summed E-state index contributed by atoms with van der Waals surface area (Å²) in [6.07, 6.45) is 0.0530. The lowest BCUT2D eigenvalue weighted by Crippen LogP contribution is -2.32. The van der Waals surface area contributed by atoms with Crippen LogP contribution in [0.4, 0.5) is 11.4 Å². The average molecular weight is 481 g/mol. The molecule has 1 aliphatic heterocycles. The molecule has 0 radical (unpaired) electrons. The Labute approximate surface area is 203 Å². The van der Waals surface area contributed by atoms with E-state index in [1.807, 2.05) is 36.4 Å². The second-order valence-corrected chi connectivity index (χ2v) is 8.26. The zero-order chi connectivity index (χ0) is 24.2. The molecule has 0 aliphatic carbocycles. The lowest BCUT2D eigenvalue weighted by atomic mass is 9.92. The molecule has 3 aromatic rings. The molecule has 0 aromatic heterocycles. The number of ether oxygens (including phenoxy) is 3. The molecule has 0 unspecified atom stereocenters. The number of anilines is 2. The molecule has 1 N–H and O–H groups in total. The molecule has 7 nitrogen and oxygen atoms in total.